The maximum Gasteiger partial charge on any atom is 0.434 e. The Labute approximate surface area is 133 Å². The summed E-state index contributed by atoms with van der Waals surface area (Å²) in [5.41, 5.74) is 0. The Bertz CT molecular complexity index is 466. The van der Waals surface area contributed by atoms with Crippen LogP contribution in [0.2, 0.25) is 0 Å². The molecule has 0 aliphatic rings. The van der Waals surface area contributed by atoms with Crippen LogP contribution < -0.4 is 6.15 Å². The average molecular weight is 397 g/mol. The second kappa shape index (κ2) is 9.13. The van der Waals surface area contributed by atoms with Crippen molar-refractivity contribution < 1.29 is 48.1 Å². The summed E-state index contributed by atoms with van der Waals surface area (Å²) in [7, 11) is -6.49. The van der Waals surface area contributed by atoms with E-state index in [0.717, 1.165) is 0 Å². The number of hydrogen-bond acceptors (Lipinski definition) is 3. The lowest BCUT2D eigenvalue weighted by atomic mass is 10.0. The monoisotopic (exact) mass is 397 g/mol. The van der Waals surface area contributed by atoms with Crippen molar-refractivity contribution in [2.24, 2.45) is 0 Å². The fraction of sp³-hybridized carbons (Fsp3) is 1.00. The van der Waals surface area contributed by atoms with Crippen LogP contribution in [0.5, 0.6) is 0 Å². The molecule has 148 valence electrons. The van der Waals surface area contributed by atoms with Gasteiger partial charge in [0.15, 0.2) is 6.17 Å². The highest BCUT2D eigenvalue weighted by Crippen LogP contribution is 2.43. The summed E-state index contributed by atoms with van der Waals surface area (Å²) in [5.74, 6) is -5.61. The highest BCUT2D eigenvalue weighted by atomic mass is 32.2. The van der Waals surface area contributed by atoms with Crippen molar-refractivity contribution in [3.05, 3.63) is 0 Å². The second-order valence-electron chi connectivity index (χ2n) is 5.00. The molecular weight excluding hydrogens is 378 g/mol. The van der Waals surface area contributed by atoms with Gasteiger partial charge < -0.3 is 6.15 Å². The molecule has 0 spiro atoms. The lowest BCUT2D eigenvalue weighted by Crippen LogP contribution is -2.52. The van der Waals surface area contributed by atoms with Crippen molar-refractivity contribution in [1.29, 1.82) is 0 Å². The van der Waals surface area contributed by atoms with Gasteiger partial charge in [-0.25, -0.2) is 4.39 Å². The fourth-order valence-corrected chi connectivity index (χ4v) is 2.19. The van der Waals surface area contributed by atoms with E-state index < -0.39 is 46.5 Å². The largest absolute Gasteiger partial charge is 0.434 e. The summed E-state index contributed by atoms with van der Waals surface area (Å²) in [6.45, 7) is 0. The second-order valence-corrected chi connectivity index (χ2v) is 6.47. The van der Waals surface area contributed by atoms with Crippen LogP contribution in [-0.2, 0) is 10.1 Å². The summed E-state index contributed by atoms with van der Waals surface area (Å²) < 4.78 is 129. The molecule has 24 heavy (non-hydrogen) atoms. The van der Waals surface area contributed by atoms with E-state index in [9.17, 15) is 43.5 Å². The topological polar surface area (TPSA) is 89.4 Å². The normalized spacial score (nSPS) is 15.0. The van der Waals surface area contributed by atoms with E-state index >= 15 is 0 Å². The number of unbranched alkanes of at least 4 members (excludes halogenated alkanes) is 4. The minimum absolute atomic E-state index is 0. The zero-order valence-corrected chi connectivity index (χ0v) is 13.2. The van der Waals surface area contributed by atoms with Gasteiger partial charge in [0, 0.05) is 6.42 Å². The number of rotatable bonds is 10. The van der Waals surface area contributed by atoms with Crippen LogP contribution in [-0.4, -0.2) is 36.5 Å². The quantitative estimate of drug-likeness (QED) is 0.312. The van der Waals surface area contributed by atoms with E-state index in [1.54, 1.807) is 0 Å². The Kier molecular flexibility index (Phi) is 9.72. The Morgan fingerprint density at radius 1 is 0.833 bits per heavy atom. The van der Waals surface area contributed by atoms with Crippen LogP contribution in [0.4, 0.5) is 35.1 Å². The molecule has 0 aromatic carbocycles. The lowest BCUT2D eigenvalue weighted by Gasteiger charge is -2.26. The predicted octanol–water partition coefficient (Wildman–Crippen LogP) is 4.90. The van der Waals surface area contributed by atoms with E-state index in [0.29, 0.717) is 0 Å². The van der Waals surface area contributed by atoms with Crippen LogP contribution >= 0.6 is 0 Å². The molecule has 13 heteroatoms. The molecule has 0 saturated carbocycles. The molecule has 0 aromatic rings. The van der Waals surface area contributed by atoms with E-state index in [4.69, 9.17) is 4.55 Å². The first-order valence-electron chi connectivity index (χ1n) is 6.56. The van der Waals surface area contributed by atoms with E-state index in [1.807, 2.05) is 0 Å². The Morgan fingerprint density at radius 2 is 1.25 bits per heavy atom. The van der Waals surface area contributed by atoms with Crippen LogP contribution in [0.1, 0.15) is 44.9 Å². The zero-order valence-electron chi connectivity index (χ0n) is 12.4. The summed E-state index contributed by atoms with van der Waals surface area (Å²) in [6, 6.07) is 0. The minimum Gasteiger partial charge on any atom is -0.344 e. The molecule has 0 aromatic heterocycles. The Hall–Kier alpha value is -0.690. The standard InChI is InChI=1S/C11H16F8O3S.H3N/c12-8(10(16,17)11(18,19)23(20,21)22)6-4-2-1-3-5-7-9(13,14)15;/h8H,1-7H2,(H,20,21,22);1H3. The maximum atomic E-state index is 13.2. The first-order chi connectivity index (χ1) is 10.1. The minimum atomic E-state index is -6.49. The van der Waals surface area contributed by atoms with Crippen molar-refractivity contribution in [1.82, 2.24) is 6.15 Å². The maximum absolute atomic E-state index is 13.2. The first-order valence-corrected chi connectivity index (χ1v) is 8.00. The molecule has 4 nitrogen and oxygen atoms in total. The number of alkyl halides is 8. The average Bonchev–Trinajstić information content (AvgIpc) is 2.34. The fourth-order valence-electron chi connectivity index (χ4n) is 1.71. The molecule has 0 fully saturated rings. The summed E-state index contributed by atoms with van der Waals surface area (Å²) in [6.07, 6.45) is -10.2. The van der Waals surface area contributed by atoms with Gasteiger partial charge in [-0.2, -0.15) is 39.2 Å². The van der Waals surface area contributed by atoms with Gasteiger partial charge in [-0.15, -0.1) is 0 Å². The highest BCUT2D eigenvalue weighted by Gasteiger charge is 2.69. The van der Waals surface area contributed by atoms with Crippen molar-refractivity contribution in [2.75, 3.05) is 0 Å². The van der Waals surface area contributed by atoms with Gasteiger partial charge >= 0.3 is 27.5 Å². The third-order valence-electron chi connectivity index (χ3n) is 3.02. The number of halogens is 8. The van der Waals surface area contributed by atoms with Gasteiger partial charge in [0.2, 0.25) is 0 Å². The van der Waals surface area contributed by atoms with Crippen LogP contribution in [0, 0.1) is 0 Å². The molecule has 0 bridgehead atoms. The van der Waals surface area contributed by atoms with Crippen molar-refractivity contribution in [3.8, 4) is 0 Å². The van der Waals surface area contributed by atoms with Gasteiger partial charge in [0.1, 0.15) is 0 Å². The Balaban J connectivity index is 0. The van der Waals surface area contributed by atoms with Crippen LogP contribution in [0.25, 0.3) is 0 Å². The molecule has 0 amide bonds. The molecule has 0 radical (unpaired) electrons. The first kappa shape index (κ1) is 25.5. The summed E-state index contributed by atoms with van der Waals surface area (Å²) >= 11 is 0. The van der Waals surface area contributed by atoms with Gasteiger partial charge in [-0.1, -0.05) is 25.7 Å². The highest BCUT2D eigenvalue weighted by molar-refractivity contribution is 7.87. The third kappa shape index (κ3) is 7.47. The van der Waals surface area contributed by atoms with Gasteiger partial charge in [0.25, 0.3) is 0 Å². The van der Waals surface area contributed by atoms with Gasteiger partial charge in [-0.3, -0.25) is 4.55 Å². The molecule has 1 unspecified atom stereocenters. The SMILES string of the molecule is N.O=S(=O)(O)C(F)(F)C(F)(F)C(F)CCCCCCCC(F)(F)F. The van der Waals surface area contributed by atoms with Gasteiger partial charge in [-0.05, 0) is 12.8 Å². The molecule has 0 saturated heterocycles. The van der Waals surface area contributed by atoms with Crippen molar-refractivity contribution >= 4 is 10.1 Å². The molecule has 1 atom stereocenters. The molecular formula is C11H19F8NO3S. The molecule has 0 heterocycles. The zero-order chi connectivity index (χ0) is 18.5. The number of hydrogen-bond donors (Lipinski definition) is 2. The molecule has 0 aliphatic carbocycles. The molecule has 0 aliphatic heterocycles. The van der Waals surface area contributed by atoms with Crippen LogP contribution in [0.15, 0.2) is 0 Å². The molecule has 0 rings (SSSR count). The van der Waals surface area contributed by atoms with E-state index in [1.165, 1.54) is 0 Å². The van der Waals surface area contributed by atoms with Crippen molar-refractivity contribution in [3.63, 3.8) is 0 Å². The predicted molar refractivity (Wildman–Crippen MR) is 69.7 cm³/mol. The van der Waals surface area contributed by atoms with E-state index in [2.05, 4.69) is 0 Å². The van der Waals surface area contributed by atoms with Gasteiger partial charge in [0.05, 0.1) is 0 Å². The smallest absolute Gasteiger partial charge is 0.344 e. The van der Waals surface area contributed by atoms with Crippen molar-refractivity contribution in [2.45, 2.75) is 68.5 Å². The van der Waals surface area contributed by atoms with E-state index in [-0.39, 0.29) is 38.3 Å². The molecule has 4 N–H and O–H groups in total. The summed E-state index contributed by atoms with van der Waals surface area (Å²) in [5, 5.41) is -5.97. The Morgan fingerprint density at radius 3 is 1.67 bits per heavy atom. The third-order valence-corrected chi connectivity index (χ3v) is 3.94. The lowest BCUT2D eigenvalue weighted by molar-refractivity contribution is -0.198. The van der Waals surface area contributed by atoms with Crippen LogP contribution in [0.3, 0.4) is 0 Å². The summed E-state index contributed by atoms with van der Waals surface area (Å²) in [4.78, 5) is 0.